The summed E-state index contributed by atoms with van der Waals surface area (Å²) < 4.78 is 21.0. The predicted molar refractivity (Wildman–Crippen MR) is 74.1 cm³/mol. The number of amides is 1. The van der Waals surface area contributed by atoms with E-state index in [1.54, 1.807) is 18.2 Å². The van der Waals surface area contributed by atoms with Crippen molar-refractivity contribution in [2.24, 2.45) is 0 Å². The minimum absolute atomic E-state index is 0.170. The third-order valence-electron chi connectivity index (χ3n) is 2.80. The van der Waals surface area contributed by atoms with Crippen molar-refractivity contribution in [1.82, 2.24) is 5.32 Å². The van der Waals surface area contributed by atoms with Gasteiger partial charge in [0.15, 0.2) is 22.5 Å². The highest BCUT2D eigenvalue weighted by molar-refractivity contribution is 6.29. The fraction of sp³-hybridized carbons (Fsp3) is 0.214. The summed E-state index contributed by atoms with van der Waals surface area (Å²) in [5.41, 5.74) is 0. The molecule has 1 N–H and O–H groups in total. The number of hydrogen-bond donors (Lipinski definition) is 1. The van der Waals surface area contributed by atoms with Gasteiger partial charge in [-0.2, -0.15) is 0 Å². The molecule has 1 amide bonds. The third kappa shape index (κ3) is 3.22. The Morgan fingerprint density at radius 1 is 1.24 bits per heavy atom. The van der Waals surface area contributed by atoms with E-state index in [4.69, 9.17) is 30.2 Å². The van der Waals surface area contributed by atoms with Crippen LogP contribution in [-0.4, -0.2) is 25.9 Å². The molecular weight excluding hydrogens is 298 g/mol. The zero-order chi connectivity index (χ0) is 14.7. The zero-order valence-electron chi connectivity index (χ0n) is 10.9. The average Bonchev–Trinajstić information content (AvgIpc) is 3.11. The number of nitrogens with one attached hydrogen (secondary N) is 1. The van der Waals surface area contributed by atoms with Gasteiger partial charge in [0.1, 0.15) is 12.4 Å². The summed E-state index contributed by atoms with van der Waals surface area (Å²) in [5, 5.41) is 2.84. The fourth-order valence-electron chi connectivity index (χ4n) is 1.82. The molecule has 0 spiro atoms. The summed E-state index contributed by atoms with van der Waals surface area (Å²) in [5.74, 6) is 1.83. The molecule has 0 bridgehead atoms. The predicted octanol–water partition coefficient (Wildman–Crippen LogP) is 2.47. The summed E-state index contributed by atoms with van der Waals surface area (Å²) in [6.45, 7) is 0.881. The first kappa shape index (κ1) is 13.6. The Bertz CT molecular complexity index is 655. The molecule has 3 rings (SSSR count). The Labute approximate surface area is 125 Å². The minimum atomic E-state index is -0.337. The van der Waals surface area contributed by atoms with Crippen LogP contribution in [0.5, 0.6) is 17.2 Å². The SMILES string of the molecule is O=C(NCCOc1ccc2c(c1)OCO2)c1ccc(Cl)o1. The van der Waals surface area contributed by atoms with Crippen LogP contribution in [0.2, 0.25) is 5.22 Å². The van der Waals surface area contributed by atoms with Gasteiger partial charge < -0.3 is 23.9 Å². The van der Waals surface area contributed by atoms with Gasteiger partial charge in [0, 0.05) is 6.07 Å². The van der Waals surface area contributed by atoms with Crippen LogP contribution >= 0.6 is 11.6 Å². The van der Waals surface area contributed by atoms with E-state index in [0.29, 0.717) is 30.4 Å². The number of ether oxygens (including phenoxy) is 3. The molecule has 1 aromatic carbocycles. The molecule has 0 radical (unpaired) electrons. The summed E-state index contributed by atoms with van der Waals surface area (Å²) in [6.07, 6.45) is 0. The topological polar surface area (TPSA) is 69.9 Å². The molecular formula is C14H12ClNO5. The van der Waals surface area contributed by atoms with Crippen LogP contribution < -0.4 is 19.5 Å². The Morgan fingerprint density at radius 3 is 2.90 bits per heavy atom. The van der Waals surface area contributed by atoms with Gasteiger partial charge >= 0.3 is 0 Å². The maximum Gasteiger partial charge on any atom is 0.287 e. The van der Waals surface area contributed by atoms with Crippen LogP contribution in [-0.2, 0) is 0 Å². The average molecular weight is 310 g/mol. The molecule has 0 fully saturated rings. The number of halogens is 1. The monoisotopic (exact) mass is 309 g/mol. The van der Waals surface area contributed by atoms with Crippen molar-refractivity contribution in [3.05, 3.63) is 41.3 Å². The van der Waals surface area contributed by atoms with E-state index in [0.717, 1.165) is 0 Å². The van der Waals surface area contributed by atoms with Gasteiger partial charge in [-0.3, -0.25) is 4.79 Å². The number of furan rings is 1. The van der Waals surface area contributed by atoms with E-state index >= 15 is 0 Å². The first-order valence-electron chi connectivity index (χ1n) is 6.28. The van der Waals surface area contributed by atoms with Crippen LogP contribution in [0.15, 0.2) is 34.7 Å². The van der Waals surface area contributed by atoms with Gasteiger partial charge in [0.2, 0.25) is 6.79 Å². The van der Waals surface area contributed by atoms with Crippen LogP contribution in [0, 0.1) is 0 Å². The molecule has 2 aromatic rings. The molecule has 0 saturated heterocycles. The van der Waals surface area contributed by atoms with Crippen LogP contribution in [0.3, 0.4) is 0 Å². The van der Waals surface area contributed by atoms with Crippen molar-refractivity contribution >= 4 is 17.5 Å². The van der Waals surface area contributed by atoms with Gasteiger partial charge in [-0.15, -0.1) is 0 Å². The summed E-state index contributed by atoms with van der Waals surface area (Å²) >= 11 is 5.60. The van der Waals surface area contributed by atoms with E-state index in [2.05, 4.69) is 5.32 Å². The molecule has 1 aliphatic rings. The van der Waals surface area contributed by atoms with Crippen molar-refractivity contribution in [2.45, 2.75) is 0 Å². The molecule has 0 atom stereocenters. The van der Waals surface area contributed by atoms with Gasteiger partial charge in [-0.25, -0.2) is 0 Å². The summed E-state index contributed by atoms with van der Waals surface area (Å²) in [6, 6.07) is 8.33. The number of benzene rings is 1. The van der Waals surface area contributed by atoms with Crippen molar-refractivity contribution in [3.8, 4) is 17.2 Å². The Hall–Kier alpha value is -2.34. The van der Waals surface area contributed by atoms with Crippen LogP contribution in [0.25, 0.3) is 0 Å². The summed E-state index contributed by atoms with van der Waals surface area (Å²) in [7, 11) is 0. The Morgan fingerprint density at radius 2 is 2.10 bits per heavy atom. The fourth-order valence-corrected chi connectivity index (χ4v) is 1.97. The number of hydrogen-bond acceptors (Lipinski definition) is 5. The molecule has 21 heavy (non-hydrogen) atoms. The highest BCUT2D eigenvalue weighted by Gasteiger charge is 2.14. The van der Waals surface area contributed by atoms with Gasteiger partial charge in [-0.05, 0) is 35.9 Å². The molecule has 1 aromatic heterocycles. The highest BCUT2D eigenvalue weighted by atomic mass is 35.5. The zero-order valence-corrected chi connectivity index (χ0v) is 11.7. The minimum Gasteiger partial charge on any atom is -0.492 e. The van der Waals surface area contributed by atoms with E-state index in [1.165, 1.54) is 12.1 Å². The second-order valence-corrected chi connectivity index (χ2v) is 4.60. The van der Waals surface area contributed by atoms with Crippen molar-refractivity contribution in [3.63, 3.8) is 0 Å². The lowest BCUT2D eigenvalue weighted by atomic mass is 10.3. The second-order valence-electron chi connectivity index (χ2n) is 4.22. The van der Waals surface area contributed by atoms with Gasteiger partial charge in [0.05, 0.1) is 6.54 Å². The molecule has 0 saturated carbocycles. The molecule has 0 aliphatic carbocycles. The van der Waals surface area contributed by atoms with Crippen molar-refractivity contribution in [2.75, 3.05) is 19.9 Å². The second kappa shape index (κ2) is 5.97. The molecule has 6 nitrogen and oxygen atoms in total. The number of fused-ring (bicyclic) bond motifs is 1. The van der Waals surface area contributed by atoms with Gasteiger partial charge in [0.25, 0.3) is 5.91 Å². The van der Waals surface area contributed by atoms with Crippen molar-refractivity contribution < 1.29 is 23.4 Å². The Balaban J connectivity index is 1.45. The van der Waals surface area contributed by atoms with E-state index in [-0.39, 0.29) is 23.7 Å². The maximum absolute atomic E-state index is 11.7. The number of rotatable bonds is 5. The van der Waals surface area contributed by atoms with Crippen LogP contribution in [0.1, 0.15) is 10.6 Å². The molecule has 110 valence electrons. The first-order valence-corrected chi connectivity index (χ1v) is 6.66. The van der Waals surface area contributed by atoms with Gasteiger partial charge in [-0.1, -0.05) is 0 Å². The van der Waals surface area contributed by atoms with E-state index in [1.807, 2.05) is 0 Å². The normalized spacial score (nSPS) is 12.2. The third-order valence-corrected chi connectivity index (χ3v) is 3.00. The molecule has 1 aliphatic heterocycles. The van der Waals surface area contributed by atoms with E-state index < -0.39 is 0 Å². The van der Waals surface area contributed by atoms with Crippen LogP contribution in [0.4, 0.5) is 0 Å². The van der Waals surface area contributed by atoms with E-state index in [9.17, 15) is 4.79 Å². The lowest BCUT2D eigenvalue weighted by Crippen LogP contribution is -2.27. The standard InChI is InChI=1S/C14H12ClNO5/c15-13-4-3-11(21-13)14(17)16-5-6-18-9-1-2-10-12(7-9)20-8-19-10/h1-4,7H,5-6,8H2,(H,16,17). The largest absolute Gasteiger partial charge is 0.492 e. The first-order chi connectivity index (χ1) is 10.2. The van der Waals surface area contributed by atoms with Crippen molar-refractivity contribution in [1.29, 1.82) is 0 Å². The quantitative estimate of drug-likeness (QED) is 0.859. The highest BCUT2D eigenvalue weighted by Crippen LogP contribution is 2.34. The maximum atomic E-state index is 11.7. The molecule has 2 heterocycles. The molecule has 7 heteroatoms. The lowest BCUT2D eigenvalue weighted by Gasteiger charge is -2.07. The smallest absolute Gasteiger partial charge is 0.287 e. The lowest BCUT2D eigenvalue weighted by molar-refractivity contribution is 0.0919. The summed E-state index contributed by atoms with van der Waals surface area (Å²) in [4.78, 5) is 11.7. The number of carbonyl (C=O) groups excluding carboxylic acids is 1. The Kier molecular flexibility index (Phi) is 3.87. The molecule has 0 unspecified atom stereocenters. The number of carbonyl (C=O) groups is 1.